The molecule has 1 aliphatic rings. The molecule has 0 aliphatic heterocycles. The summed E-state index contributed by atoms with van der Waals surface area (Å²) in [6.45, 7) is 0.988. The Kier molecular flexibility index (Phi) is 8.94. The molecule has 6 nitrogen and oxygen atoms in total. The van der Waals surface area contributed by atoms with Crippen molar-refractivity contribution in [3.8, 4) is 11.1 Å². The first-order chi connectivity index (χ1) is 12.7. The second kappa shape index (κ2) is 10.9. The van der Waals surface area contributed by atoms with Crippen LogP contribution in [0.5, 0.6) is 0 Å². The van der Waals surface area contributed by atoms with E-state index in [0.29, 0.717) is 19.5 Å². The number of hydrogen-bond acceptors (Lipinski definition) is 5. The molecule has 0 fully saturated rings. The molecule has 0 radical (unpaired) electrons. The molecule has 0 heterocycles. The second-order valence-corrected chi connectivity index (χ2v) is 6.15. The third kappa shape index (κ3) is 5.87. The van der Waals surface area contributed by atoms with E-state index in [2.05, 4.69) is 34.9 Å². The molecule has 27 heavy (non-hydrogen) atoms. The minimum Gasteiger partial charge on any atom is -0.549 e. The first-order valence-corrected chi connectivity index (χ1v) is 8.66. The predicted octanol–water partition coefficient (Wildman–Crippen LogP) is -1.74. The minimum absolute atomic E-state index is 0. The van der Waals surface area contributed by atoms with Gasteiger partial charge in [0.2, 0.25) is 0 Å². The monoisotopic (exact) mass is 392 g/mol. The van der Waals surface area contributed by atoms with Gasteiger partial charge >= 0.3 is 57.5 Å². The van der Waals surface area contributed by atoms with Gasteiger partial charge in [-0.3, -0.25) is 0 Å². The molecule has 7 heteroatoms. The number of hydrogen-bond donors (Lipinski definition) is 2. The second-order valence-electron chi connectivity index (χ2n) is 6.15. The normalized spacial score (nSPS) is 11.9. The Morgan fingerprint density at radius 3 is 2.15 bits per heavy atom. The zero-order valence-corrected chi connectivity index (χ0v) is 18.5. The number of aliphatic carboxylic acids is 1. The molecule has 0 saturated heterocycles. The van der Waals surface area contributed by atoms with Crippen molar-refractivity contribution in [2.45, 2.75) is 12.3 Å². The molecule has 0 saturated carbocycles. The molecular formula is C20H21KN2O4. The van der Waals surface area contributed by atoms with Crippen molar-refractivity contribution in [3.63, 3.8) is 0 Å². The van der Waals surface area contributed by atoms with Crippen LogP contribution >= 0.6 is 0 Å². The first-order valence-electron chi connectivity index (χ1n) is 8.66. The van der Waals surface area contributed by atoms with Crippen molar-refractivity contribution in [1.82, 2.24) is 10.6 Å². The number of benzene rings is 2. The molecule has 0 spiro atoms. The molecule has 1 amide bonds. The van der Waals surface area contributed by atoms with Crippen molar-refractivity contribution in [2.75, 3.05) is 26.2 Å². The summed E-state index contributed by atoms with van der Waals surface area (Å²) in [5, 5.41) is 15.6. The number of carboxylic acids is 1. The number of rotatable bonds is 8. The van der Waals surface area contributed by atoms with Gasteiger partial charge in [-0.1, -0.05) is 48.5 Å². The summed E-state index contributed by atoms with van der Waals surface area (Å²) >= 11 is 0. The van der Waals surface area contributed by atoms with Gasteiger partial charge in [-0.05, 0) is 35.2 Å². The van der Waals surface area contributed by atoms with E-state index >= 15 is 0 Å². The quantitative estimate of drug-likeness (QED) is 0.411. The summed E-state index contributed by atoms with van der Waals surface area (Å²) in [5.41, 5.74) is 4.73. The van der Waals surface area contributed by atoms with Crippen LogP contribution in [0.3, 0.4) is 0 Å². The molecule has 0 bridgehead atoms. The van der Waals surface area contributed by atoms with Crippen LogP contribution in [0, 0.1) is 0 Å². The van der Waals surface area contributed by atoms with E-state index in [1.165, 1.54) is 22.3 Å². The van der Waals surface area contributed by atoms with E-state index in [-0.39, 0.29) is 70.5 Å². The molecule has 0 unspecified atom stereocenters. The minimum atomic E-state index is -1.14. The van der Waals surface area contributed by atoms with E-state index in [4.69, 9.17) is 4.74 Å². The maximum atomic E-state index is 11.9. The molecular weight excluding hydrogens is 371 g/mol. The standard InChI is InChI=1S/C20H22N2O4.K/c23-19(24)12-21-10-5-11-22-20(25)26-13-18-16-8-3-1-6-14(16)15-7-2-4-9-17(15)18;/h1-4,6-9,18,21H,5,10-13H2,(H,22,25)(H,23,24);/q;+1/p-1. The summed E-state index contributed by atoms with van der Waals surface area (Å²) in [6.07, 6.45) is 0.143. The molecule has 2 aromatic rings. The van der Waals surface area contributed by atoms with Gasteiger partial charge in [-0.15, -0.1) is 0 Å². The molecule has 0 aromatic heterocycles. The molecule has 0 atom stereocenters. The number of nitrogens with one attached hydrogen (secondary N) is 2. The Labute approximate surface area is 201 Å². The van der Waals surface area contributed by atoms with Crippen molar-refractivity contribution >= 4 is 12.1 Å². The zero-order chi connectivity index (χ0) is 18.4. The van der Waals surface area contributed by atoms with Gasteiger partial charge < -0.3 is 25.3 Å². The number of carbonyl (C=O) groups is 2. The van der Waals surface area contributed by atoms with Crippen LogP contribution in [0.2, 0.25) is 0 Å². The van der Waals surface area contributed by atoms with Crippen molar-refractivity contribution in [2.24, 2.45) is 0 Å². The summed E-state index contributed by atoms with van der Waals surface area (Å²) in [4.78, 5) is 22.2. The number of amides is 1. The maximum Gasteiger partial charge on any atom is 1.00 e. The van der Waals surface area contributed by atoms with E-state index in [1.54, 1.807) is 0 Å². The van der Waals surface area contributed by atoms with Gasteiger partial charge in [0.05, 0.1) is 5.97 Å². The summed E-state index contributed by atoms with van der Waals surface area (Å²) in [7, 11) is 0. The summed E-state index contributed by atoms with van der Waals surface area (Å²) < 4.78 is 5.41. The van der Waals surface area contributed by atoms with E-state index in [0.717, 1.165) is 0 Å². The SMILES string of the molecule is O=C([O-])CNCCCNC(=O)OCC1c2ccccc2-c2ccccc21.[K+]. The number of fused-ring (bicyclic) bond motifs is 3. The molecule has 1 aliphatic carbocycles. The van der Waals surface area contributed by atoms with Crippen LogP contribution in [0.15, 0.2) is 48.5 Å². The number of ether oxygens (including phenoxy) is 1. The Morgan fingerprint density at radius 2 is 1.56 bits per heavy atom. The van der Waals surface area contributed by atoms with Crippen molar-refractivity contribution < 1.29 is 70.8 Å². The summed E-state index contributed by atoms with van der Waals surface area (Å²) in [5.74, 6) is -1.10. The van der Waals surface area contributed by atoms with Crippen molar-refractivity contribution in [1.29, 1.82) is 0 Å². The van der Waals surface area contributed by atoms with Crippen LogP contribution in [-0.4, -0.2) is 38.3 Å². The Balaban J connectivity index is 0.00000261. The largest absolute Gasteiger partial charge is 1.00 e. The van der Waals surface area contributed by atoms with Crippen LogP contribution in [-0.2, 0) is 9.53 Å². The predicted molar refractivity (Wildman–Crippen MR) is 95.6 cm³/mol. The Bertz CT molecular complexity index is 752. The average molecular weight is 392 g/mol. The van der Waals surface area contributed by atoms with E-state index < -0.39 is 12.1 Å². The zero-order valence-electron chi connectivity index (χ0n) is 15.4. The van der Waals surface area contributed by atoms with Crippen LogP contribution in [0.4, 0.5) is 4.79 Å². The molecule has 2 N–H and O–H groups in total. The van der Waals surface area contributed by atoms with E-state index in [9.17, 15) is 14.7 Å². The maximum absolute atomic E-state index is 11.9. The van der Waals surface area contributed by atoms with Gasteiger partial charge in [0.25, 0.3) is 0 Å². The Morgan fingerprint density at radius 1 is 0.963 bits per heavy atom. The third-order valence-electron chi connectivity index (χ3n) is 4.41. The molecule has 3 rings (SSSR count). The van der Waals surface area contributed by atoms with Crippen LogP contribution < -0.4 is 67.1 Å². The fourth-order valence-corrected chi connectivity index (χ4v) is 3.24. The van der Waals surface area contributed by atoms with Gasteiger partial charge in [-0.2, -0.15) is 0 Å². The van der Waals surface area contributed by atoms with Crippen LogP contribution in [0.1, 0.15) is 23.5 Å². The first kappa shape index (κ1) is 22.1. The topological polar surface area (TPSA) is 90.5 Å². The fraction of sp³-hybridized carbons (Fsp3) is 0.300. The molecule has 2 aromatic carbocycles. The van der Waals surface area contributed by atoms with Gasteiger partial charge in [0.15, 0.2) is 0 Å². The number of carbonyl (C=O) groups excluding carboxylic acids is 2. The van der Waals surface area contributed by atoms with E-state index in [1.807, 2.05) is 24.3 Å². The molecule has 136 valence electrons. The number of alkyl carbamates (subject to hydrolysis) is 1. The summed E-state index contributed by atoms with van der Waals surface area (Å²) in [6, 6.07) is 16.4. The third-order valence-corrected chi connectivity index (χ3v) is 4.41. The van der Waals surface area contributed by atoms with Gasteiger partial charge in [0, 0.05) is 19.0 Å². The van der Waals surface area contributed by atoms with Crippen molar-refractivity contribution in [3.05, 3.63) is 59.7 Å². The number of carboxylic acid groups (broad SMARTS) is 1. The van der Waals surface area contributed by atoms with Gasteiger partial charge in [-0.25, -0.2) is 4.79 Å². The smallest absolute Gasteiger partial charge is 0.549 e. The Hall–Kier alpha value is -1.22. The average Bonchev–Trinajstić information content (AvgIpc) is 2.96. The van der Waals surface area contributed by atoms with Crippen LogP contribution in [0.25, 0.3) is 11.1 Å². The fourth-order valence-electron chi connectivity index (χ4n) is 3.24. The van der Waals surface area contributed by atoms with Gasteiger partial charge in [0.1, 0.15) is 6.61 Å².